The fraction of sp³-hybridized carbons (Fsp3) is 0.129. The zero-order chi connectivity index (χ0) is 24.0. The van der Waals surface area contributed by atoms with Crippen molar-refractivity contribution in [3.8, 4) is 5.75 Å². The van der Waals surface area contributed by atoms with Crippen LogP contribution in [0.25, 0.3) is 27.8 Å². The number of allylic oxidation sites excluding steroid dienone is 1. The molecule has 5 rings (SSSR count). The van der Waals surface area contributed by atoms with Crippen molar-refractivity contribution in [2.75, 3.05) is 6.61 Å². The number of ether oxygens (including phenoxy) is 1. The molecule has 1 aromatic heterocycles. The highest BCUT2D eigenvalue weighted by Gasteiger charge is 2.20. The van der Waals surface area contributed by atoms with Gasteiger partial charge in [-0.05, 0) is 35.9 Å². The number of aromatic carboxylic acids is 1. The lowest BCUT2D eigenvalue weighted by molar-refractivity contribution is 0.0685. The van der Waals surface area contributed by atoms with E-state index in [0.717, 1.165) is 39.4 Å². The lowest BCUT2D eigenvalue weighted by Crippen LogP contribution is -2.12. The van der Waals surface area contributed by atoms with E-state index in [9.17, 15) is 9.90 Å². The Bertz CT molecular complexity index is 1490. The number of aryl methyl sites for hydroxylation is 1. The Kier molecular flexibility index (Phi) is 6.62. The first-order valence-corrected chi connectivity index (χ1v) is 11.9. The van der Waals surface area contributed by atoms with Crippen molar-refractivity contribution < 1.29 is 14.6 Å². The van der Waals surface area contributed by atoms with E-state index in [1.165, 1.54) is 5.56 Å². The van der Waals surface area contributed by atoms with Crippen LogP contribution in [0.15, 0.2) is 103 Å². The van der Waals surface area contributed by atoms with Crippen molar-refractivity contribution >= 4 is 33.7 Å². The van der Waals surface area contributed by atoms with Crippen molar-refractivity contribution in [2.45, 2.75) is 19.4 Å². The van der Waals surface area contributed by atoms with E-state index < -0.39 is 5.97 Å². The van der Waals surface area contributed by atoms with E-state index in [-0.39, 0.29) is 0 Å². The maximum Gasteiger partial charge on any atom is 0.353 e. The average molecular weight is 462 g/mol. The van der Waals surface area contributed by atoms with Crippen molar-refractivity contribution in [3.63, 3.8) is 0 Å². The van der Waals surface area contributed by atoms with Crippen LogP contribution >= 0.6 is 0 Å². The Morgan fingerprint density at radius 1 is 0.829 bits per heavy atom. The predicted molar refractivity (Wildman–Crippen MR) is 142 cm³/mol. The number of carboxylic acids is 1. The predicted octanol–water partition coefficient (Wildman–Crippen LogP) is 7.22. The summed E-state index contributed by atoms with van der Waals surface area (Å²) in [5.74, 6) is -0.0704. The summed E-state index contributed by atoms with van der Waals surface area (Å²) >= 11 is 0. The zero-order valence-corrected chi connectivity index (χ0v) is 19.4. The van der Waals surface area contributed by atoms with E-state index >= 15 is 0 Å². The summed E-state index contributed by atoms with van der Waals surface area (Å²) in [5.41, 5.74) is 3.18. The van der Waals surface area contributed by atoms with Gasteiger partial charge >= 0.3 is 5.97 Å². The molecule has 0 saturated heterocycles. The van der Waals surface area contributed by atoms with Gasteiger partial charge in [-0.25, -0.2) is 4.79 Å². The van der Waals surface area contributed by atoms with Gasteiger partial charge in [-0.2, -0.15) is 0 Å². The summed E-state index contributed by atoms with van der Waals surface area (Å²) in [5, 5.41) is 13.3. The number of fused-ring (bicyclic) bond motifs is 2. The third-order valence-electron chi connectivity index (χ3n) is 6.23. The molecular weight excluding hydrogens is 434 g/mol. The minimum atomic E-state index is -0.921. The highest BCUT2D eigenvalue weighted by atomic mass is 16.5. The van der Waals surface area contributed by atoms with Crippen LogP contribution in [0.3, 0.4) is 0 Å². The molecule has 1 heterocycles. The number of rotatable bonds is 9. The first-order valence-electron chi connectivity index (χ1n) is 11.9. The molecule has 0 radical (unpaired) electrons. The molecule has 0 bridgehead atoms. The van der Waals surface area contributed by atoms with E-state index in [4.69, 9.17) is 4.74 Å². The summed E-state index contributed by atoms with van der Waals surface area (Å²) in [6.45, 7) is 1.05. The number of aromatic nitrogens is 1. The third-order valence-corrected chi connectivity index (χ3v) is 6.23. The third kappa shape index (κ3) is 4.82. The average Bonchev–Trinajstić information content (AvgIpc) is 3.21. The Labute approximate surface area is 204 Å². The van der Waals surface area contributed by atoms with Crippen molar-refractivity contribution in [3.05, 3.63) is 120 Å². The number of para-hydroxylation sites is 1. The first-order chi connectivity index (χ1) is 17.2. The zero-order valence-electron chi connectivity index (χ0n) is 19.4. The molecule has 0 aliphatic carbocycles. The molecule has 0 aliphatic heterocycles. The lowest BCUT2D eigenvalue weighted by atomic mass is 10.1. The number of carbonyl (C=O) groups is 1. The fourth-order valence-corrected chi connectivity index (χ4v) is 4.62. The van der Waals surface area contributed by atoms with Gasteiger partial charge in [-0.3, -0.25) is 0 Å². The molecule has 0 saturated carbocycles. The second-order valence-corrected chi connectivity index (χ2v) is 8.51. The Morgan fingerprint density at radius 2 is 1.54 bits per heavy atom. The van der Waals surface area contributed by atoms with Gasteiger partial charge < -0.3 is 14.4 Å². The first kappa shape index (κ1) is 22.5. The molecule has 0 amide bonds. The number of carboxylic acid groups (broad SMARTS) is 1. The second kappa shape index (κ2) is 10.3. The van der Waals surface area contributed by atoms with Crippen LogP contribution in [0.1, 0.15) is 28.0 Å². The summed E-state index contributed by atoms with van der Waals surface area (Å²) in [6.07, 6.45) is 5.42. The van der Waals surface area contributed by atoms with Gasteiger partial charge in [0.25, 0.3) is 0 Å². The maximum atomic E-state index is 12.4. The Morgan fingerprint density at radius 3 is 2.37 bits per heavy atom. The van der Waals surface area contributed by atoms with Gasteiger partial charge in [0, 0.05) is 28.4 Å². The number of hydrogen-bond acceptors (Lipinski definition) is 2. The van der Waals surface area contributed by atoms with E-state index in [1.807, 2.05) is 83.4 Å². The molecule has 0 unspecified atom stereocenters. The lowest BCUT2D eigenvalue weighted by Gasteiger charge is -2.11. The van der Waals surface area contributed by atoms with Gasteiger partial charge in [0.15, 0.2) is 0 Å². The highest BCUT2D eigenvalue weighted by Crippen LogP contribution is 2.29. The minimum Gasteiger partial charge on any atom is -0.493 e. The fourth-order valence-electron chi connectivity index (χ4n) is 4.62. The van der Waals surface area contributed by atoms with Crippen molar-refractivity contribution in [1.82, 2.24) is 4.57 Å². The molecule has 1 N–H and O–H groups in total. The number of benzene rings is 4. The largest absolute Gasteiger partial charge is 0.493 e. The van der Waals surface area contributed by atoms with Crippen LogP contribution < -0.4 is 4.74 Å². The molecule has 0 aliphatic rings. The topological polar surface area (TPSA) is 51.5 Å². The Balaban J connectivity index is 1.37. The van der Waals surface area contributed by atoms with Gasteiger partial charge in [-0.15, -0.1) is 0 Å². The van der Waals surface area contributed by atoms with E-state index in [0.29, 0.717) is 25.3 Å². The summed E-state index contributed by atoms with van der Waals surface area (Å²) in [4.78, 5) is 12.4. The van der Waals surface area contributed by atoms with E-state index in [1.54, 1.807) is 0 Å². The van der Waals surface area contributed by atoms with Gasteiger partial charge in [-0.1, -0.05) is 97.1 Å². The standard InChI is InChI=1S/C31H27NO3/c33-31(34)30-27(18-8-13-23-11-2-1-3-12-23)26-17-6-7-19-28(26)32(30)21-10-22-35-29-20-9-15-24-14-4-5-16-25(24)29/h1-9,11-12,14-20H,10,13,21-22H2,(H,33,34)/b18-8+. The highest BCUT2D eigenvalue weighted by molar-refractivity contribution is 6.02. The Hall–Kier alpha value is -4.31. The van der Waals surface area contributed by atoms with Crippen LogP contribution in [0.2, 0.25) is 0 Å². The normalized spacial score (nSPS) is 11.4. The molecule has 4 aromatic carbocycles. The van der Waals surface area contributed by atoms with Gasteiger partial charge in [0.1, 0.15) is 11.4 Å². The minimum absolute atomic E-state index is 0.320. The molecule has 5 aromatic rings. The second-order valence-electron chi connectivity index (χ2n) is 8.51. The summed E-state index contributed by atoms with van der Waals surface area (Å²) in [7, 11) is 0. The molecule has 4 nitrogen and oxygen atoms in total. The summed E-state index contributed by atoms with van der Waals surface area (Å²) < 4.78 is 8.01. The SMILES string of the molecule is O=C(O)c1c(/C=C/Cc2ccccc2)c2ccccc2n1CCCOc1cccc2ccccc12. The molecule has 174 valence electrons. The van der Waals surface area contributed by atoms with Gasteiger partial charge in [0.05, 0.1) is 6.61 Å². The van der Waals surface area contributed by atoms with Gasteiger partial charge in [0.2, 0.25) is 0 Å². The maximum absolute atomic E-state index is 12.4. The van der Waals surface area contributed by atoms with E-state index in [2.05, 4.69) is 30.3 Å². The smallest absolute Gasteiger partial charge is 0.353 e. The molecule has 0 spiro atoms. The number of nitrogens with zero attached hydrogens (tertiary/aromatic N) is 1. The molecule has 35 heavy (non-hydrogen) atoms. The van der Waals surface area contributed by atoms with Crippen LogP contribution in [-0.2, 0) is 13.0 Å². The van der Waals surface area contributed by atoms with Crippen molar-refractivity contribution in [2.24, 2.45) is 0 Å². The van der Waals surface area contributed by atoms with Crippen LogP contribution in [0.4, 0.5) is 0 Å². The van der Waals surface area contributed by atoms with Crippen molar-refractivity contribution in [1.29, 1.82) is 0 Å². The quantitative estimate of drug-likeness (QED) is 0.236. The van der Waals surface area contributed by atoms with Crippen LogP contribution in [0, 0.1) is 0 Å². The van der Waals surface area contributed by atoms with Crippen LogP contribution in [0.5, 0.6) is 5.75 Å². The molecule has 0 fully saturated rings. The van der Waals surface area contributed by atoms with Crippen LogP contribution in [-0.4, -0.2) is 22.2 Å². The monoisotopic (exact) mass is 461 g/mol. The molecular formula is C31H27NO3. The molecule has 4 heteroatoms. The number of hydrogen-bond donors (Lipinski definition) is 1. The molecule has 0 atom stereocenters. The summed E-state index contributed by atoms with van der Waals surface area (Å²) in [6, 6.07) is 32.2.